The SMILES string of the molecule is CC1=C2N(C=CC2(c2ccccc2)c2ccccc2)C(c2c(C)cccc2C)N1c1ccccc1C. The van der Waals surface area contributed by atoms with Crippen molar-refractivity contribution < 1.29 is 0 Å². The van der Waals surface area contributed by atoms with Crippen molar-refractivity contribution in [3.8, 4) is 0 Å². The van der Waals surface area contributed by atoms with Crippen molar-refractivity contribution >= 4 is 5.69 Å². The second-order valence-electron chi connectivity index (χ2n) is 10.0. The highest BCUT2D eigenvalue weighted by Gasteiger charge is 2.51. The van der Waals surface area contributed by atoms with E-state index < -0.39 is 0 Å². The maximum atomic E-state index is 2.56. The number of allylic oxidation sites excluding steroid dienone is 2. The first-order chi connectivity index (χ1) is 17.5. The van der Waals surface area contributed by atoms with E-state index in [-0.39, 0.29) is 11.6 Å². The molecule has 2 aliphatic rings. The number of anilines is 1. The largest absolute Gasteiger partial charge is 0.323 e. The summed E-state index contributed by atoms with van der Waals surface area (Å²) in [6.07, 6.45) is 4.78. The summed E-state index contributed by atoms with van der Waals surface area (Å²) in [7, 11) is 0. The molecule has 0 bridgehead atoms. The summed E-state index contributed by atoms with van der Waals surface area (Å²) >= 11 is 0. The van der Waals surface area contributed by atoms with Crippen LogP contribution in [0.1, 0.15) is 46.5 Å². The predicted octanol–water partition coefficient (Wildman–Crippen LogP) is 8.18. The van der Waals surface area contributed by atoms with Gasteiger partial charge in [-0.3, -0.25) is 0 Å². The van der Waals surface area contributed by atoms with Crippen molar-refractivity contribution in [1.82, 2.24) is 4.90 Å². The zero-order chi connectivity index (χ0) is 24.9. The first-order valence-corrected chi connectivity index (χ1v) is 12.7. The minimum absolute atomic E-state index is 0.0489. The fourth-order valence-electron chi connectivity index (χ4n) is 6.33. The van der Waals surface area contributed by atoms with Crippen molar-refractivity contribution in [2.75, 3.05) is 4.90 Å². The predicted molar refractivity (Wildman–Crippen MR) is 150 cm³/mol. The molecule has 0 amide bonds. The van der Waals surface area contributed by atoms with Gasteiger partial charge in [-0.05, 0) is 67.7 Å². The number of rotatable bonds is 4. The molecule has 4 aromatic carbocycles. The van der Waals surface area contributed by atoms with E-state index in [2.05, 4.69) is 153 Å². The molecule has 2 aliphatic heterocycles. The molecule has 36 heavy (non-hydrogen) atoms. The normalized spacial score (nSPS) is 18.2. The molecule has 0 aliphatic carbocycles. The van der Waals surface area contributed by atoms with Crippen LogP contribution in [0.2, 0.25) is 0 Å². The molecule has 0 fully saturated rings. The molecule has 0 saturated heterocycles. The number of hydrogen-bond donors (Lipinski definition) is 0. The highest BCUT2D eigenvalue weighted by molar-refractivity contribution is 5.68. The van der Waals surface area contributed by atoms with E-state index in [0.29, 0.717) is 0 Å². The van der Waals surface area contributed by atoms with Gasteiger partial charge in [0.2, 0.25) is 0 Å². The fraction of sp³-hybridized carbons (Fsp3) is 0.176. The summed E-state index contributed by atoms with van der Waals surface area (Å²) in [5.74, 6) is 0. The Morgan fingerprint density at radius 3 is 1.69 bits per heavy atom. The molecule has 2 heteroatoms. The van der Waals surface area contributed by atoms with Crippen LogP contribution >= 0.6 is 0 Å². The van der Waals surface area contributed by atoms with E-state index in [0.717, 1.165) is 0 Å². The Morgan fingerprint density at radius 2 is 1.11 bits per heavy atom. The molecule has 2 nitrogen and oxygen atoms in total. The zero-order valence-corrected chi connectivity index (χ0v) is 21.4. The standard InChI is InChI=1S/C34H32N2/c1-24-14-11-12-21-30(24)36-27(4)32-34(28-17-7-5-8-18-28,29-19-9-6-10-20-29)22-23-35(32)33(36)31-25(2)15-13-16-26(31)3/h5-23,33H,1-4H3. The van der Waals surface area contributed by atoms with Crippen LogP contribution in [0.5, 0.6) is 0 Å². The minimum Gasteiger partial charge on any atom is -0.323 e. The number of fused-ring (bicyclic) bond motifs is 1. The van der Waals surface area contributed by atoms with Gasteiger partial charge in [-0.1, -0.05) is 97.1 Å². The Labute approximate surface area is 214 Å². The van der Waals surface area contributed by atoms with Crippen LogP contribution in [0.25, 0.3) is 0 Å². The summed E-state index contributed by atoms with van der Waals surface area (Å²) in [5, 5.41) is 0. The van der Waals surface area contributed by atoms with E-state index in [1.807, 2.05) is 0 Å². The highest BCUT2D eigenvalue weighted by Crippen LogP contribution is 2.56. The summed E-state index contributed by atoms with van der Waals surface area (Å²) in [6, 6.07) is 37.3. The second kappa shape index (κ2) is 8.57. The fourth-order valence-corrected chi connectivity index (χ4v) is 6.33. The third kappa shape index (κ3) is 3.18. The van der Waals surface area contributed by atoms with Gasteiger partial charge in [-0.25, -0.2) is 0 Å². The van der Waals surface area contributed by atoms with Gasteiger partial charge >= 0.3 is 0 Å². The van der Waals surface area contributed by atoms with E-state index >= 15 is 0 Å². The Balaban J connectivity index is 1.66. The van der Waals surface area contributed by atoms with E-state index in [9.17, 15) is 0 Å². The molecule has 0 saturated carbocycles. The lowest BCUT2D eigenvalue weighted by molar-refractivity contribution is 0.372. The van der Waals surface area contributed by atoms with Gasteiger partial charge < -0.3 is 9.80 Å². The lowest BCUT2D eigenvalue weighted by atomic mass is 9.72. The topological polar surface area (TPSA) is 6.48 Å². The van der Waals surface area contributed by atoms with Crippen molar-refractivity contribution in [3.63, 3.8) is 0 Å². The Hall–Kier alpha value is -4.04. The van der Waals surface area contributed by atoms with Crippen LogP contribution in [0.15, 0.2) is 127 Å². The van der Waals surface area contributed by atoms with Gasteiger partial charge in [0.15, 0.2) is 0 Å². The number of aryl methyl sites for hydroxylation is 3. The molecule has 0 radical (unpaired) electrons. The van der Waals surface area contributed by atoms with E-state index in [1.165, 1.54) is 50.5 Å². The van der Waals surface area contributed by atoms with Gasteiger partial charge in [-0.2, -0.15) is 0 Å². The molecular formula is C34H32N2. The maximum absolute atomic E-state index is 2.56. The van der Waals surface area contributed by atoms with Crippen molar-refractivity contribution in [1.29, 1.82) is 0 Å². The molecule has 2 heterocycles. The Bertz CT molecular complexity index is 1420. The van der Waals surface area contributed by atoms with E-state index in [1.54, 1.807) is 0 Å². The van der Waals surface area contributed by atoms with Crippen LogP contribution in [0, 0.1) is 20.8 Å². The third-order valence-corrected chi connectivity index (χ3v) is 7.96. The minimum atomic E-state index is -0.362. The Kier molecular flexibility index (Phi) is 5.34. The molecule has 4 aromatic rings. The monoisotopic (exact) mass is 468 g/mol. The lowest BCUT2D eigenvalue weighted by Gasteiger charge is -2.36. The molecule has 0 spiro atoms. The van der Waals surface area contributed by atoms with Gasteiger partial charge in [0, 0.05) is 23.1 Å². The molecule has 1 unspecified atom stereocenters. The Morgan fingerprint density at radius 1 is 0.583 bits per heavy atom. The van der Waals surface area contributed by atoms with Crippen molar-refractivity contribution in [3.05, 3.63) is 160 Å². The van der Waals surface area contributed by atoms with Gasteiger partial charge in [0.1, 0.15) is 6.17 Å². The lowest BCUT2D eigenvalue weighted by Crippen LogP contribution is -2.32. The van der Waals surface area contributed by atoms with E-state index in [4.69, 9.17) is 0 Å². The zero-order valence-electron chi connectivity index (χ0n) is 21.4. The van der Waals surface area contributed by atoms with Crippen LogP contribution in [0.3, 0.4) is 0 Å². The molecular weight excluding hydrogens is 436 g/mol. The van der Waals surface area contributed by atoms with Crippen LogP contribution in [-0.2, 0) is 5.41 Å². The average Bonchev–Trinajstić information content (AvgIpc) is 3.43. The van der Waals surface area contributed by atoms with Gasteiger partial charge in [-0.15, -0.1) is 0 Å². The molecule has 178 valence electrons. The second-order valence-corrected chi connectivity index (χ2v) is 10.0. The van der Waals surface area contributed by atoms with Crippen LogP contribution in [-0.4, -0.2) is 4.90 Å². The quantitative estimate of drug-likeness (QED) is 0.298. The molecule has 1 atom stereocenters. The first kappa shape index (κ1) is 22.4. The third-order valence-electron chi connectivity index (χ3n) is 7.96. The highest BCUT2D eigenvalue weighted by atomic mass is 15.4. The number of benzene rings is 4. The van der Waals surface area contributed by atoms with Gasteiger partial charge in [0.25, 0.3) is 0 Å². The van der Waals surface area contributed by atoms with Crippen molar-refractivity contribution in [2.24, 2.45) is 0 Å². The first-order valence-electron chi connectivity index (χ1n) is 12.7. The van der Waals surface area contributed by atoms with Crippen molar-refractivity contribution in [2.45, 2.75) is 39.3 Å². The number of nitrogens with zero attached hydrogens (tertiary/aromatic N) is 2. The summed E-state index contributed by atoms with van der Waals surface area (Å²) < 4.78 is 0. The molecule has 6 rings (SSSR count). The maximum Gasteiger partial charge on any atom is 0.136 e. The number of para-hydroxylation sites is 1. The van der Waals surface area contributed by atoms with Crippen LogP contribution in [0.4, 0.5) is 5.69 Å². The molecule has 0 aromatic heterocycles. The summed E-state index contributed by atoms with van der Waals surface area (Å²) in [5.41, 5.74) is 11.4. The number of hydrogen-bond acceptors (Lipinski definition) is 2. The summed E-state index contributed by atoms with van der Waals surface area (Å²) in [6.45, 7) is 9.01. The average molecular weight is 469 g/mol. The van der Waals surface area contributed by atoms with Crippen LogP contribution < -0.4 is 4.90 Å². The summed E-state index contributed by atoms with van der Waals surface area (Å²) in [4.78, 5) is 5.08. The van der Waals surface area contributed by atoms with Gasteiger partial charge in [0.05, 0.1) is 11.1 Å². The molecule has 0 N–H and O–H groups in total. The smallest absolute Gasteiger partial charge is 0.136 e.